The second kappa shape index (κ2) is 6.89. The maximum atomic E-state index is 12.7. The predicted octanol–water partition coefficient (Wildman–Crippen LogP) is 2.36. The first-order valence-electron chi connectivity index (χ1n) is 7.53. The minimum atomic E-state index is 0.0920. The van der Waals surface area contributed by atoms with Crippen LogP contribution in [0.15, 0.2) is 12.1 Å². The van der Waals surface area contributed by atoms with Crippen LogP contribution in [0.4, 0.5) is 5.82 Å². The van der Waals surface area contributed by atoms with Gasteiger partial charge < -0.3 is 15.0 Å². The predicted molar refractivity (Wildman–Crippen MR) is 83.8 cm³/mol. The lowest BCUT2D eigenvalue weighted by Gasteiger charge is -2.18. The molecule has 1 fully saturated rings. The zero-order chi connectivity index (χ0) is 15.4. The summed E-state index contributed by atoms with van der Waals surface area (Å²) in [6.07, 6.45) is 1.01. The molecule has 0 aromatic carbocycles. The van der Waals surface area contributed by atoms with Gasteiger partial charge in [0.25, 0.3) is 5.91 Å². The lowest BCUT2D eigenvalue weighted by atomic mass is 10.1. The van der Waals surface area contributed by atoms with Crippen LogP contribution in [0.5, 0.6) is 0 Å². The molecule has 1 aromatic rings. The van der Waals surface area contributed by atoms with Gasteiger partial charge in [0, 0.05) is 44.4 Å². The molecular formula is C16H25N3O2. The summed E-state index contributed by atoms with van der Waals surface area (Å²) in [5.41, 5.74) is 1.66. The Hall–Kier alpha value is -1.62. The Morgan fingerprint density at radius 2 is 2.29 bits per heavy atom. The normalized spacial score (nSPS) is 18.3. The molecule has 0 spiro atoms. The maximum Gasteiger partial charge on any atom is 0.254 e. The van der Waals surface area contributed by atoms with Gasteiger partial charge in [0.15, 0.2) is 0 Å². The zero-order valence-corrected chi connectivity index (χ0v) is 13.3. The third-order valence-electron chi connectivity index (χ3n) is 3.92. The smallest absolute Gasteiger partial charge is 0.254 e. The minimum absolute atomic E-state index is 0.0920. The van der Waals surface area contributed by atoms with Crippen LogP contribution >= 0.6 is 0 Å². The molecule has 1 atom stereocenters. The number of anilines is 1. The van der Waals surface area contributed by atoms with Crippen molar-refractivity contribution in [3.8, 4) is 0 Å². The number of aromatic nitrogens is 1. The fourth-order valence-electron chi connectivity index (χ4n) is 2.67. The van der Waals surface area contributed by atoms with E-state index in [1.54, 1.807) is 7.11 Å². The zero-order valence-electron chi connectivity index (χ0n) is 13.3. The first kappa shape index (κ1) is 15.8. The van der Waals surface area contributed by atoms with Crippen LogP contribution in [0.1, 0.15) is 42.2 Å². The van der Waals surface area contributed by atoms with E-state index in [-0.39, 0.29) is 5.91 Å². The van der Waals surface area contributed by atoms with Gasteiger partial charge in [-0.3, -0.25) is 4.79 Å². The first-order chi connectivity index (χ1) is 10.0. The van der Waals surface area contributed by atoms with Crippen molar-refractivity contribution in [3.05, 3.63) is 23.4 Å². The molecule has 1 aliphatic rings. The third kappa shape index (κ3) is 3.73. The third-order valence-corrected chi connectivity index (χ3v) is 3.92. The molecule has 1 saturated heterocycles. The quantitative estimate of drug-likeness (QED) is 0.905. The van der Waals surface area contributed by atoms with Gasteiger partial charge in [0.1, 0.15) is 5.82 Å². The molecule has 1 aliphatic heterocycles. The highest BCUT2D eigenvalue weighted by Crippen LogP contribution is 2.22. The molecule has 2 rings (SSSR count). The number of carbonyl (C=O) groups is 1. The van der Waals surface area contributed by atoms with Crippen molar-refractivity contribution < 1.29 is 9.53 Å². The van der Waals surface area contributed by atoms with Crippen molar-refractivity contribution in [3.63, 3.8) is 0 Å². The number of pyridine rings is 1. The lowest BCUT2D eigenvalue weighted by Crippen LogP contribution is -2.29. The van der Waals surface area contributed by atoms with E-state index in [2.05, 4.69) is 24.1 Å². The molecule has 1 aromatic heterocycles. The minimum Gasteiger partial charge on any atom is -0.384 e. The number of rotatable bonds is 5. The van der Waals surface area contributed by atoms with Gasteiger partial charge in [-0.25, -0.2) is 4.98 Å². The largest absolute Gasteiger partial charge is 0.384 e. The Bertz CT molecular complexity index is 502. The van der Waals surface area contributed by atoms with Gasteiger partial charge in [-0.15, -0.1) is 0 Å². The molecule has 0 radical (unpaired) electrons. The second-order valence-corrected chi connectivity index (χ2v) is 5.93. The number of hydrogen-bond donors (Lipinski definition) is 1. The Balaban J connectivity index is 2.17. The van der Waals surface area contributed by atoms with E-state index in [9.17, 15) is 4.79 Å². The van der Waals surface area contributed by atoms with E-state index in [1.807, 2.05) is 24.1 Å². The molecule has 1 amide bonds. The van der Waals surface area contributed by atoms with Crippen molar-refractivity contribution in [1.82, 2.24) is 9.88 Å². The van der Waals surface area contributed by atoms with E-state index in [1.165, 1.54) is 0 Å². The monoisotopic (exact) mass is 291 g/mol. The molecule has 1 N–H and O–H groups in total. The summed E-state index contributed by atoms with van der Waals surface area (Å²) in [6, 6.07) is 3.75. The van der Waals surface area contributed by atoms with Crippen LogP contribution < -0.4 is 5.32 Å². The van der Waals surface area contributed by atoms with E-state index in [0.717, 1.165) is 43.2 Å². The SMILES string of the molecule is CNc1cc(C(=O)N2CCC(COC)C2)cc(C(C)C)n1. The fraction of sp³-hybridized carbons (Fsp3) is 0.625. The topological polar surface area (TPSA) is 54.5 Å². The fourth-order valence-corrected chi connectivity index (χ4v) is 2.67. The van der Waals surface area contributed by atoms with Gasteiger partial charge in [0.05, 0.1) is 6.61 Å². The van der Waals surface area contributed by atoms with Gasteiger partial charge in [-0.05, 0) is 24.5 Å². The maximum absolute atomic E-state index is 12.7. The van der Waals surface area contributed by atoms with E-state index < -0.39 is 0 Å². The van der Waals surface area contributed by atoms with Crippen LogP contribution in [-0.2, 0) is 4.74 Å². The number of hydrogen-bond acceptors (Lipinski definition) is 4. The first-order valence-corrected chi connectivity index (χ1v) is 7.53. The Kier molecular flexibility index (Phi) is 5.17. The van der Waals surface area contributed by atoms with Crippen LogP contribution in [0.25, 0.3) is 0 Å². The lowest BCUT2D eigenvalue weighted by molar-refractivity contribution is 0.0775. The number of methoxy groups -OCH3 is 1. The summed E-state index contributed by atoms with van der Waals surface area (Å²) in [7, 11) is 3.53. The van der Waals surface area contributed by atoms with Gasteiger partial charge in [0.2, 0.25) is 0 Å². The van der Waals surface area contributed by atoms with Crippen molar-refractivity contribution in [1.29, 1.82) is 0 Å². The van der Waals surface area contributed by atoms with E-state index in [4.69, 9.17) is 4.74 Å². The number of ether oxygens (including phenoxy) is 1. The molecule has 0 aliphatic carbocycles. The van der Waals surface area contributed by atoms with Crippen molar-refractivity contribution in [2.45, 2.75) is 26.2 Å². The molecule has 21 heavy (non-hydrogen) atoms. The molecular weight excluding hydrogens is 266 g/mol. The summed E-state index contributed by atoms with van der Waals surface area (Å²) >= 11 is 0. The van der Waals surface area contributed by atoms with Crippen LogP contribution in [0.2, 0.25) is 0 Å². The summed E-state index contributed by atoms with van der Waals surface area (Å²) in [5, 5.41) is 3.04. The summed E-state index contributed by atoms with van der Waals surface area (Å²) in [6.45, 7) is 6.47. The Labute approximate surface area is 126 Å². The summed E-state index contributed by atoms with van der Waals surface area (Å²) in [5.74, 6) is 1.59. The van der Waals surface area contributed by atoms with Gasteiger partial charge in [-0.1, -0.05) is 13.8 Å². The standard InChI is InChI=1S/C16H25N3O2/c1-11(2)14-7-13(8-15(17-3)18-14)16(20)19-6-5-12(9-19)10-21-4/h7-8,11-12H,5-6,9-10H2,1-4H3,(H,17,18). The number of carbonyl (C=O) groups excluding carboxylic acids is 1. The molecule has 1 unspecified atom stereocenters. The van der Waals surface area contributed by atoms with Gasteiger partial charge in [-0.2, -0.15) is 0 Å². The van der Waals surface area contributed by atoms with Gasteiger partial charge >= 0.3 is 0 Å². The summed E-state index contributed by atoms with van der Waals surface area (Å²) in [4.78, 5) is 19.1. The van der Waals surface area contributed by atoms with Crippen LogP contribution in [-0.4, -0.2) is 49.6 Å². The second-order valence-electron chi connectivity index (χ2n) is 5.93. The number of likely N-dealkylation sites (tertiary alicyclic amines) is 1. The van der Waals surface area contributed by atoms with E-state index in [0.29, 0.717) is 11.8 Å². The molecule has 5 nitrogen and oxygen atoms in total. The van der Waals surface area contributed by atoms with Crippen molar-refractivity contribution >= 4 is 11.7 Å². The highest BCUT2D eigenvalue weighted by molar-refractivity contribution is 5.95. The van der Waals surface area contributed by atoms with Crippen LogP contribution in [0, 0.1) is 5.92 Å². The molecule has 0 bridgehead atoms. The average molecular weight is 291 g/mol. The Morgan fingerprint density at radius 1 is 1.52 bits per heavy atom. The van der Waals surface area contributed by atoms with E-state index >= 15 is 0 Å². The molecule has 0 saturated carbocycles. The molecule has 116 valence electrons. The number of nitrogens with zero attached hydrogens (tertiary/aromatic N) is 2. The molecule has 2 heterocycles. The number of nitrogens with one attached hydrogen (secondary N) is 1. The summed E-state index contributed by atoms with van der Waals surface area (Å²) < 4.78 is 5.19. The molecule has 5 heteroatoms. The highest BCUT2D eigenvalue weighted by atomic mass is 16.5. The number of amides is 1. The van der Waals surface area contributed by atoms with Crippen molar-refractivity contribution in [2.75, 3.05) is 39.2 Å². The van der Waals surface area contributed by atoms with Crippen molar-refractivity contribution in [2.24, 2.45) is 5.92 Å². The average Bonchev–Trinajstić information content (AvgIpc) is 2.94. The Morgan fingerprint density at radius 3 is 2.90 bits per heavy atom. The highest BCUT2D eigenvalue weighted by Gasteiger charge is 2.27. The van der Waals surface area contributed by atoms with Crippen LogP contribution in [0.3, 0.4) is 0 Å².